The van der Waals surface area contributed by atoms with E-state index in [2.05, 4.69) is 16.4 Å². The number of thiophene rings is 1. The lowest BCUT2D eigenvalue weighted by atomic mass is 10.1. The summed E-state index contributed by atoms with van der Waals surface area (Å²) in [5.41, 5.74) is 2.28. The standard InChI is InChI=1S/C12H7N3OS/c13-6-8-5-10-9(4-7-2-1-3-14-7)11(16)15-12(10)17-8/h1-5,14H,(H,15,16)/b9-4-. The summed E-state index contributed by atoms with van der Waals surface area (Å²) in [4.78, 5) is 15.4. The number of rotatable bonds is 1. The number of aromatic amines is 1. The number of carbonyl (C=O) groups excluding carboxylic acids is 1. The van der Waals surface area contributed by atoms with Crippen LogP contribution in [0.4, 0.5) is 5.00 Å². The third-order valence-corrected chi connectivity index (χ3v) is 3.48. The molecule has 0 bridgehead atoms. The van der Waals surface area contributed by atoms with Gasteiger partial charge in [0.2, 0.25) is 0 Å². The van der Waals surface area contributed by atoms with Crippen molar-refractivity contribution in [2.45, 2.75) is 0 Å². The number of nitrogens with zero attached hydrogens (tertiary/aromatic N) is 1. The third-order valence-electron chi connectivity index (χ3n) is 2.53. The first-order valence-corrected chi connectivity index (χ1v) is 5.80. The van der Waals surface area contributed by atoms with Crippen molar-refractivity contribution in [2.75, 3.05) is 5.32 Å². The molecule has 5 heteroatoms. The molecule has 0 aromatic carbocycles. The molecule has 3 rings (SSSR count). The maximum atomic E-state index is 11.7. The highest BCUT2D eigenvalue weighted by Crippen LogP contribution is 2.39. The van der Waals surface area contributed by atoms with Crippen LogP contribution in [-0.4, -0.2) is 10.9 Å². The Hall–Kier alpha value is -2.32. The molecule has 4 nitrogen and oxygen atoms in total. The van der Waals surface area contributed by atoms with Gasteiger partial charge >= 0.3 is 0 Å². The van der Waals surface area contributed by atoms with E-state index in [9.17, 15) is 4.79 Å². The summed E-state index contributed by atoms with van der Waals surface area (Å²) < 4.78 is 0. The number of fused-ring (bicyclic) bond motifs is 1. The van der Waals surface area contributed by atoms with Gasteiger partial charge in [0.05, 0.1) is 5.57 Å². The molecule has 17 heavy (non-hydrogen) atoms. The Balaban J connectivity index is 2.10. The van der Waals surface area contributed by atoms with Crippen LogP contribution in [0, 0.1) is 11.3 Å². The number of hydrogen-bond donors (Lipinski definition) is 2. The molecule has 0 radical (unpaired) electrons. The second kappa shape index (κ2) is 3.61. The molecule has 3 heterocycles. The number of carbonyl (C=O) groups is 1. The fourth-order valence-corrected chi connectivity index (χ4v) is 2.63. The Morgan fingerprint density at radius 3 is 3.06 bits per heavy atom. The van der Waals surface area contributed by atoms with Crippen LogP contribution in [0.25, 0.3) is 11.6 Å². The van der Waals surface area contributed by atoms with Gasteiger partial charge in [-0.3, -0.25) is 4.79 Å². The first-order valence-electron chi connectivity index (χ1n) is 4.98. The van der Waals surface area contributed by atoms with Crippen molar-refractivity contribution in [1.29, 1.82) is 5.26 Å². The molecule has 2 aromatic rings. The number of nitriles is 1. The van der Waals surface area contributed by atoms with E-state index in [4.69, 9.17) is 5.26 Å². The number of hydrogen-bond acceptors (Lipinski definition) is 3. The fourth-order valence-electron chi connectivity index (χ4n) is 1.76. The topological polar surface area (TPSA) is 68.7 Å². The van der Waals surface area contributed by atoms with Gasteiger partial charge < -0.3 is 10.3 Å². The lowest BCUT2D eigenvalue weighted by molar-refractivity contribution is -0.110. The van der Waals surface area contributed by atoms with Gasteiger partial charge in [0.15, 0.2) is 0 Å². The zero-order valence-corrected chi connectivity index (χ0v) is 9.47. The molecule has 0 saturated carbocycles. The first kappa shape index (κ1) is 9.87. The van der Waals surface area contributed by atoms with Crippen LogP contribution in [0.15, 0.2) is 24.4 Å². The highest BCUT2D eigenvalue weighted by molar-refractivity contribution is 7.17. The number of aromatic nitrogens is 1. The van der Waals surface area contributed by atoms with Gasteiger partial charge in [-0.25, -0.2) is 0 Å². The number of H-pyrrole nitrogens is 1. The Morgan fingerprint density at radius 1 is 1.47 bits per heavy atom. The largest absolute Gasteiger partial charge is 0.362 e. The summed E-state index contributed by atoms with van der Waals surface area (Å²) in [6, 6.07) is 7.58. The maximum Gasteiger partial charge on any atom is 0.257 e. The minimum atomic E-state index is -0.120. The molecule has 1 aliphatic heterocycles. The van der Waals surface area contributed by atoms with E-state index >= 15 is 0 Å². The molecule has 0 spiro atoms. The van der Waals surface area contributed by atoms with Crippen LogP contribution in [0.3, 0.4) is 0 Å². The molecule has 0 saturated heterocycles. The van der Waals surface area contributed by atoms with Crippen LogP contribution in [-0.2, 0) is 4.79 Å². The number of nitrogens with one attached hydrogen (secondary N) is 2. The summed E-state index contributed by atoms with van der Waals surface area (Å²) in [7, 11) is 0. The van der Waals surface area contributed by atoms with E-state index in [-0.39, 0.29) is 5.91 Å². The highest BCUT2D eigenvalue weighted by Gasteiger charge is 2.26. The molecule has 2 N–H and O–H groups in total. The molecule has 2 aromatic heterocycles. The van der Waals surface area contributed by atoms with Gasteiger partial charge in [0.1, 0.15) is 15.9 Å². The molecular formula is C12H7N3OS. The van der Waals surface area contributed by atoms with Gasteiger partial charge in [-0.2, -0.15) is 5.26 Å². The first-order chi connectivity index (χ1) is 8.28. The molecule has 1 amide bonds. The summed E-state index contributed by atoms with van der Waals surface area (Å²) in [5.74, 6) is -0.120. The summed E-state index contributed by atoms with van der Waals surface area (Å²) in [5, 5.41) is 12.3. The van der Waals surface area contributed by atoms with E-state index in [1.807, 2.05) is 12.1 Å². The van der Waals surface area contributed by atoms with E-state index in [0.29, 0.717) is 10.5 Å². The summed E-state index contributed by atoms with van der Waals surface area (Å²) in [6.07, 6.45) is 3.59. The van der Waals surface area contributed by atoms with E-state index in [1.165, 1.54) is 11.3 Å². The number of anilines is 1. The summed E-state index contributed by atoms with van der Waals surface area (Å²) in [6.45, 7) is 0. The Bertz CT molecular complexity index is 658. The average molecular weight is 241 g/mol. The maximum absolute atomic E-state index is 11.7. The Morgan fingerprint density at radius 2 is 2.35 bits per heavy atom. The van der Waals surface area contributed by atoms with Gasteiger partial charge in [-0.05, 0) is 24.3 Å². The predicted molar refractivity (Wildman–Crippen MR) is 66.3 cm³/mol. The van der Waals surface area contributed by atoms with Crippen molar-refractivity contribution in [1.82, 2.24) is 4.98 Å². The Labute approximate surface area is 101 Å². The van der Waals surface area contributed by atoms with Crippen molar-refractivity contribution in [2.24, 2.45) is 0 Å². The van der Waals surface area contributed by atoms with Crippen molar-refractivity contribution in [3.05, 3.63) is 40.5 Å². The zero-order valence-electron chi connectivity index (χ0n) is 8.65. The minimum Gasteiger partial charge on any atom is -0.362 e. The minimum absolute atomic E-state index is 0.120. The predicted octanol–water partition coefficient (Wildman–Crippen LogP) is 2.44. The molecule has 0 atom stereocenters. The van der Waals surface area contributed by atoms with Crippen molar-refractivity contribution in [3.8, 4) is 6.07 Å². The van der Waals surface area contributed by atoms with Gasteiger partial charge in [-0.1, -0.05) is 0 Å². The smallest absolute Gasteiger partial charge is 0.257 e. The second-order valence-corrected chi connectivity index (χ2v) is 4.66. The van der Waals surface area contributed by atoms with Crippen LogP contribution < -0.4 is 5.32 Å². The lowest BCUT2D eigenvalue weighted by Gasteiger charge is -1.93. The van der Waals surface area contributed by atoms with Crippen molar-refractivity contribution >= 4 is 33.9 Å². The molecule has 0 fully saturated rings. The van der Waals surface area contributed by atoms with Crippen LogP contribution in [0.1, 0.15) is 16.1 Å². The normalized spacial score (nSPS) is 15.7. The molecular weight excluding hydrogens is 234 g/mol. The highest BCUT2D eigenvalue weighted by atomic mass is 32.1. The van der Waals surface area contributed by atoms with E-state index in [0.717, 1.165) is 16.3 Å². The van der Waals surface area contributed by atoms with Crippen LogP contribution in [0.5, 0.6) is 0 Å². The van der Waals surface area contributed by atoms with Crippen LogP contribution >= 0.6 is 11.3 Å². The van der Waals surface area contributed by atoms with Crippen molar-refractivity contribution < 1.29 is 4.79 Å². The monoisotopic (exact) mass is 241 g/mol. The molecule has 82 valence electrons. The fraction of sp³-hybridized carbons (Fsp3) is 0. The van der Waals surface area contributed by atoms with Gasteiger partial charge in [0, 0.05) is 17.5 Å². The van der Waals surface area contributed by atoms with E-state index < -0.39 is 0 Å². The van der Waals surface area contributed by atoms with E-state index in [1.54, 1.807) is 18.3 Å². The zero-order chi connectivity index (χ0) is 11.8. The Kier molecular flexibility index (Phi) is 2.10. The molecule has 0 aliphatic carbocycles. The van der Waals surface area contributed by atoms with Gasteiger partial charge in [0.25, 0.3) is 5.91 Å². The van der Waals surface area contributed by atoms with Crippen molar-refractivity contribution in [3.63, 3.8) is 0 Å². The molecule has 0 unspecified atom stereocenters. The third kappa shape index (κ3) is 1.55. The SMILES string of the molecule is N#Cc1cc2c(s1)NC(=O)/C2=C\c1ccc[nH]1. The van der Waals surface area contributed by atoms with Crippen LogP contribution in [0.2, 0.25) is 0 Å². The average Bonchev–Trinajstić information content (AvgIpc) is 2.98. The lowest BCUT2D eigenvalue weighted by Crippen LogP contribution is -2.03. The molecule has 1 aliphatic rings. The number of amides is 1. The van der Waals surface area contributed by atoms with Gasteiger partial charge in [-0.15, -0.1) is 11.3 Å². The quantitative estimate of drug-likeness (QED) is 0.753. The second-order valence-electron chi connectivity index (χ2n) is 3.60. The summed E-state index contributed by atoms with van der Waals surface area (Å²) >= 11 is 1.30.